The predicted molar refractivity (Wildman–Crippen MR) is 78.0 cm³/mol. The van der Waals surface area contributed by atoms with Gasteiger partial charge >= 0.3 is 6.36 Å². The van der Waals surface area contributed by atoms with Crippen molar-refractivity contribution >= 4 is 6.29 Å². The van der Waals surface area contributed by atoms with E-state index in [4.69, 9.17) is 0 Å². The zero-order valence-electron chi connectivity index (χ0n) is 12.1. The molecule has 0 atom stereocenters. The molecule has 0 aliphatic carbocycles. The zero-order chi connectivity index (χ0) is 16.3. The summed E-state index contributed by atoms with van der Waals surface area (Å²) in [6.45, 7) is 3.99. The van der Waals surface area contributed by atoms with Gasteiger partial charge in [0, 0.05) is 11.1 Å². The average Bonchev–Trinajstić information content (AvgIpc) is 2.46. The molecule has 0 saturated carbocycles. The van der Waals surface area contributed by atoms with Gasteiger partial charge in [-0.15, -0.1) is 13.2 Å². The lowest BCUT2D eigenvalue weighted by Crippen LogP contribution is -2.17. The van der Waals surface area contributed by atoms with Crippen molar-refractivity contribution in [2.24, 2.45) is 0 Å². The van der Waals surface area contributed by atoms with Gasteiger partial charge in [-0.05, 0) is 35.2 Å². The molecule has 2 aromatic carbocycles. The smallest absolute Gasteiger partial charge is 0.405 e. The summed E-state index contributed by atoms with van der Waals surface area (Å²) in [6, 6.07) is 11.0. The maximum absolute atomic E-state index is 12.5. The highest BCUT2D eigenvalue weighted by molar-refractivity contribution is 5.81. The van der Waals surface area contributed by atoms with E-state index in [2.05, 4.69) is 4.74 Å². The number of hydrogen-bond acceptors (Lipinski definition) is 2. The number of benzene rings is 2. The number of alkyl halides is 3. The summed E-state index contributed by atoms with van der Waals surface area (Å²) in [5.41, 5.74) is 2.10. The Morgan fingerprint density at radius 1 is 1.09 bits per heavy atom. The first kappa shape index (κ1) is 16.1. The summed E-state index contributed by atoms with van der Waals surface area (Å²) >= 11 is 0. The SMILES string of the molecule is CC(C)c1cccc(-c2cc(C=O)ccc2OC(F)(F)F)c1. The third kappa shape index (κ3) is 3.87. The van der Waals surface area contributed by atoms with Crippen LogP contribution in [0.3, 0.4) is 0 Å². The summed E-state index contributed by atoms with van der Waals surface area (Å²) in [6.07, 6.45) is -4.19. The molecule has 2 aromatic rings. The molecule has 0 radical (unpaired) electrons. The van der Waals surface area contributed by atoms with E-state index < -0.39 is 6.36 Å². The van der Waals surface area contributed by atoms with Crippen molar-refractivity contribution in [1.82, 2.24) is 0 Å². The van der Waals surface area contributed by atoms with Crippen LogP contribution in [0.1, 0.15) is 35.7 Å². The Bertz CT molecular complexity index is 676. The van der Waals surface area contributed by atoms with Gasteiger partial charge in [0.1, 0.15) is 12.0 Å². The van der Waals surface area contributed by atoms with Crippen molar-refractivity contribution in [3.63, 3.8) is 0 Å². The summed E-state index contributed by atoms with van der Waals surface area (Å²) in [5.74, 6) is -0.0832. The highest BCUT2D eigenvalue weighted by Gasteiger charge is 2.32. The highest BCUT2D eigenvalue weighted by atomic mass is 19.4. The van der Waals surface area contributed by atoms with Gasteiger partial charge in [-0.1, -0.05) is 38.1 Å². The van der Waals surface area contributed by atoms with E-state index in [0.717, 1.165) is 11.6 Å². The Kier molecular flexibility index (Phi) is 4.54. The molecule has 0 aromatic heterocycles. The quantitative estimate of drug-likeness (QED) is 0.727. The molecule has 0 N–H and O–H groups in total. The van der Waals surface area contributed by atoms with E-state index in [1.807, 2.05) is 19.9 Å². The van der Waals surface area contributed by atoms with E-state index in [9.17, 15) is 18.0 Å². The van der Waals surface area contributed by atoms with Gasteiger partial charge in [0.2, 0.25) is 0 Å². The molecule has 0 saturated heterocycles. The Morgan fingerprint density at radius 2 is 1.82 bits per heavy atom. The van der Waals surface area contributed by atoms with Crippen LogP contribution in [-0.2, 0) is 0 Å². The van der Waals surface area contributed by atoms with Crippen LogP contribution < -0.4 is 4.74 Å². The lowest BCUT2D eigenvalue weighted by atomic mass is 9.96. The molecule has 2 nitrogen and oxygen atoms in total. The third-order valence-corrected chi connectivity index (χ3v) is 3.23. The molecule has 0 fully saturated rings. The van der Waals surface area contributed by atoms with Crippen LogP contribution in [0, 0.1) is 0 Å². The minimum Gasteiger partial charge on any atom is -0.405 e. The fourth-order valence-corrected chi connectivity index (χ4v) is 2.13. The summed E-state index contributed by atoms with van der Waals surface area (Å²) < 4.78 is 41.7. The van der Waals surface area contributed by atoms with Gasteiger partial charge < -0.3 is 4.74 Å². The molecule has 5 heteroatoms. The molecule has 22 heavy (non-hydrogen) atoms. The molecule has 0 aliphatic rings. The molecular formula is C17H15F3O2. The number of carbonyl (C=O) groups is 1. The monoisotopic (exact) mass is 308 g/mol. The number of carbonyl (C=O) groups excluding carboxylic acids is 1. The zero-order valence-corrected chi connectivity index (χ0v) is 12.1. The first-order valence-electron chi connectivity index (χ1n) is 6.75. The highest BCUT2D eigenvalue weighted by Crippen LogP contribution is 2.35. The van der Waals surface area contributed by atoms with Crippen LogP contribution in [0.15, 0.2) is 42.5 Å². The van der Waals surface area contributed by atoms with E-state index in [1.54, 1.807) is 18.2 Å². The predicted octanol–water partition coefficient (Wildman–Crippen LogP) is 5.19. The standard InChI is InChI=1S/C17H15F3O2/c1-11(2)13-4-3-5-14(9-13)15-8-12(10-21)6-7-16(15)22-17(18,19)20/h3-11H,1-2H3. The van der Waals surface area contributed by atoms with Crippen molar-refractivity contribution in [2.45, 2.75) is 26.1 Å². The normalized spacial score (nSPS) is 11.5. The molecule has 0 spiro atoms. The van der Waals surface area contributed by atoms with Crippen molar-refractivity contribution < 1.29 is 22.7 Å². The van der Waals surface area contributed by atoms with Crippen molar-refractivity contribution in [3.8, 4) is 16.9 Å². The Hall–Kier alpha value is -2.30. The second-order valence-electron chi connectivity index (χ2n) is 5.20. The largest absolute Gasteiger partial charge is 0.573 e. The molecule has 0 amide bonds. The number of ether oxygens (including phenoxy) is 1. The molecule has 0 aliphatic heterocycles. The Morgan fingerprint density at radius 3 is 2.41 bits per heavy atom. The second kappa shape index (κ2) is 6.22. The van der Waals surface area contributed by atoms with Crippen molar-refractivity contribution in [3.05, 3.63) is 53.6 Å². The van der Waals surface area contributed by atoms with Gasteiger partial charge in [-0.3, -0.25) is 4.79 Å². The Labute approximate surface area is 126 Å². The van der Waals surface area contributed by atoms with Gasteiger partial charge in [0.15, 0.2) is 0 Å². The average molecular weight is 308 g/mol. The molecule has 116 valence electrons. The first-order chi connectivity index (χ1) is 10.3. The fraction of sp³-hybridized carbons (Fsp3) is 0.235. The van der Waals surface area contributed by atoms with Gasteiger partial charge in [-0.25, -0.2) is 0 Å². The van der Waals surface area contributed by atoms with Crippen molar-refractivity contribution in [1.29, 1.82) is 0 Å². The van der Waals surface area contributed by atoms with Gasteiger partial charge in [-0.2, -0.15) is 0 Å². The first-order valence-corrected chi connectivity index (χ1v) is 6.75. The topological polar surface area (TPSA) is 26.3 Å². The maximum atomic E-state index is 12.5. The van der Waals surface area contributed by atoms with E-state index in [-0.39, 0.29) is 17.2 Å². The molecular weight excluding hydrogens is 293 g/mol. The molecule has 0 heterocycles. The van der Waals surface area contributed by atoms with E-state index in [0.29, 0.717) is 17.4 Å². The summed E-state index contributed by atoms with van der Waals surface area (Å²) in [7, 11) is 0. The minimum absolute atomic E-state index is 0.237. The van der Waals surface area contributed by atoms with Crippen molar-refractivity contribution in [2.75, 3.05) is 0 Å². The number of aldehydes is 1. The number of hydrogen-bond donors (Lipinski definition) is 0. The summed E-state index contributed by atoms with van der Waals surface area (Å²) in [4.78, 5) is 10.9. The summed E-state index contributed by atoms with van der Waals surface area (Å²) in [5, 5.41) is 0. The van der Waals surface area contributed by atoms with Gasteiger partial charge in [0.25, 0.3) is 0 Å². The molecule has 2 rings (SSSR count). The van der Waals surface area contributed by atoms with Crippen LogP contribution in [-0.4, -0.2) is 12.6 Å². The van der Waals surface area contributed by atoms with E-state index >= 15 is 0 Å². The number of rotatable bonds is 4. The van der Waals surface area contributed by atoms with Crippen LogP contribution >= 0.6 is 0 Å². The van der Waals surface area contributed by atoms with Crippen LogP contribution in [0.5, 0.6) is 5.75 Å². The second-order valence-corrected chi connectivity index (χ2v) is 5.20. The number of halogens is 3. The Balaban J connectivity index is 2.56. The van der Waals surface area contributed by atoms with E-state index in [1.165, 1.54) is 12.1 Å². The van der Waals surface area contributed by atoms with Gasteiger partial charge in [0.05, 0.1) is 0 Å². The van der Waals surface area contributed by atoms with Crippen LogP contribution in [0.2, 0.25) is 0 Å². The van der Waals surface area contributed by atoms with Crippen LogP contribution in [0.25, 0.3) is 11.1 Å². The fourth-order valence-electron chi connectivity index (χ4n) is 2.13. The molecule has 0 bridgehead atoms. The third-order valence-electron chi connectivity index (χ3n) is 3.23. The lowest BCUT2D eigenvalue weighted by Gasteiger charge is -2.15. The maximum Gasteiger partial charge on any atom is 0.573 e. The molecule has 0 unspecified atom stereocenters. The lowest BCUT2D eigenvalue weighted by molar-refractivity contribution is -0.274. The minimum atomic E-state index is -4.78. The van der Waals surface area contributed by atoms with Crippen LogP contribution in [0.4, 0.5) is 13.2 Å².